The standard InChI is InChI=1S/C30H38O6/c1-20(2)35-29(32)10-6-7-21-11-16-25-26(18-31)28(17-27(25)34-19-21)36-30(33)24-14-12-23(13-15-24)22-8-4-3-5-9-22/h3-5,8-9,12-15,20-21,25-28,31H,6-7,10-11,16-19H2,1-2H3/t21-,25+,26+,27-,28+/m0/s1. The maximum absolute atomic E-state index is 12.9. The second kappa shape index (κ2) is 12.5. The molecule has 2 fully saturated rings. The summed E-state index contributed by atoms with van der Waals surface area (Å²) in [4.78, 5) is 24.7. The molecule has 6 nitrogen and oxygen atoms in total. The van der Waals surface area contributed by atoms with Gasteiger partial charge in [0.1, 0.15) is 6.10 Å². The van der Waals surface area contributed by atoms with E-state index in [9.17, 15) is 14.7 Å². The van der Waals surface area contributed by atoms with Gasteiger partial charge in [0.05, 0.1) is 17.8 Å². The van der Waals surface area contributed by atoms with E-state index >= 15 is 0 Å². The van der Waals surface area contributed by atoms with Crippen molar-refractivity contribution in [3.63, 3.8) is 0 Å². The highest BCUT2D eigenvalue weighted by Gasteiger charge is 2.46. The topological polar surface area (TPSA) is 82.1 Å². The molecule has 1 aliphatic carbocycles. The first-order chi connectivity index (χ1) is 17.4. The monoisotopic (exact) mass is 494 g/mol. The summed E-state index contributed by atoms with van der Waals surface area (Å²) in [5.74, 6) is -0.0609. The predicted octanol–water partition coefficient (Wildman–Crippen LogP) is 5.42. The Bertz CT molecular complexity index is 986. The maximum Gasteiger partial charge on any atom is 0.338 e. The van der Waals surface area contributed by atoms with Crippen molar-refractivity contribution in [2.75, 3.05) is 13.2 Å². The molecular formula is C30H38O6. The number of ether oxygens (including phenoxy) is 3. The molecule has 2 aromatic carbocycles. The predicted molar refractivity (Wildman–Crippen MR) is 137 cm³/mol. The zero-order chi connectivity index (χ0) is 25.5. The van der Waals surface area contributed by atoms with Crippen LogP contribution in [-0.2, 0) is 19.0 Å². The van der Waals surface area contributed by atoms with Crippen LogP contribution in [0.1, 0.15) is 62.7 Å². The molecule has 2 aliphatic rings. The van der Waals surface area contributed by atoms with Gasteiger partial charge in [-0.15, -0.1) is 0 Å². The van der Waals surface area contributed by atoms with Gasteiger partial charge in [-0.2, -0.15) is 0 Å². The molecule has 1 saturated heterocycles. The van der Waals surface area contributed by atoms with Crippen molar-refractivity contribution >= 4 is 11.9 Å². The molecule has 6 heteroatoms. The molecule has 2 aromatic rings. The van der Waals surface area contributed by atoms with Gasteiger partial charge in [-0.3, -0.25) is 4.79 Å². The molecule has 1 N–H and O–H groups in total. The van der Waals surface area contributed by atoms with Crippen LogP contribution in [0.15, 0.2) is 54.6 Å². The van der Waals surface area contributed by atoms with Gasteiger partial charge < -0.3 is 19.3 Å². The quantitative estimate of drug-likeness (QED) is 0.469. The maximum atomic E-state index is 12.9. The van der Waals surface area contributed by atoms with Gasteiger partial charge in [0.2, 0.25) is 0 Å². The van der Waals surface area contributed by atoms with E-state index in [4.69, 9.17) is 14.2 Å². The van der Waals surface area contributed by atoms with Crippen LogP contribution >= 0.6 is 0 Å². The summed E-state index contributed by atoms with van der Waals surface area (Å²) in [6.45, 7) is 4.33. The summed E-state index contributed by atoms with van der Waals surface area (Å²) < 4.78 is 17.4. The Kier molecular flexibility index (Phi) is 9.16. The normalized spacial score (nSPS) is 25.7. The van der Waals surface area contributed by atoms with Gasteiger partial charge in [-0.1, -0.05) is 42.5 Å². The number of hydrogen-bond donors (Lipinski definition) is 1. The molecule has 0 bridgehead atoms. The molecule has 1 saturated carbocycles. The van der Waals surface area contributed by atoms with E-state index in [2.05, 4.69) is 0 Å². The van der Waals surface area contributed by atoms with Gasteiger partial charge in [-0.05, 0) is 74.6 Å². The Morgan fingerprint density at radius 2 is 1.75 bits per heavy atom. The lowest BCUT2D eigenvalue weighted by atomic mass is 9.87. The van der Waals surface area contributed by atoms with Crippen molar-refractivity contribution in [1.29, 1.82) is 0 Å². The van der Waals surface area contributed by atoms with Crippen LogP contribution in [0.4, 0.5) is 0 Å². The molecule has 0 amide bonds. The van der Waals surface area contributed by atoms with Crippen LogP contribution in [0.25, 0.3) is 11.1 Å². The zero-order valence-corrected chi connectivity index (χ0v) is 21.3. The summed E-state index contributed by atoms with van der Waals surface area (Å²) in [7, 11) is 0. The molecule has 0 aromatic heterocycles. The molecule has 194 valence electrons. The van der Waals surface area contributed by atoms with E-state index in [1.54, 1.807) is 12.1 Å². The Balaban J connectivity index is 1.28. The number of hydrogen-bond acceptors (Lipinski definition) is 6. The number of benzene rings is 2. The lowest BCUT2D eigenvalue weighted by Gasteiger charge is -2.23. The Hall–Kier alpha value is -2.70. The van der Waals surface area contributed by atoms with Gasteiger partial charge in [0, 0.05) is 32.0 Å². The zero-order valence-electron chi connectivity index (χ0n) is 21.3. The van der Waals surface area contributed by atoms with Gasteiger partial charge in [0.15, 0.2) is 0 Å². The number of esters is 2. The molecule has 4 rings (SSSR count). The number of aliphatic hydroxyl groups excluding tert-OH is 1. The molecule has 36 heavy (non-hydrogen) atoms. The Morgan fingerprint density at radius 3 is 2.44 bits per heavy atom. The third kappa shape index (κ3) is 6.74. The minimum absolute atomic E-state index is 0.0173. The first-order valence-electron chi connectivity index (χ1n) is 13.2. The summed E-state index contributed by atoms with van der Waals surface area (Å²) in [5, 5.41) is 10.2. The summed E-state index contributed by atoms with van der Waals surface area (Å²) in [5.41, 5.74) is 2.65. The van der Waals surface area contributed by atoms with Crippen LogP contribution in [0.2, 0.25) is 0 Å². The van der Waals surface area contributed by atoms with Crippen molar-refractivity contribution in [2.24, 2.45) is 17.8 Å². The highest BCUT2D eigenvalue weighted by atomic mass is 16.6. The second-order valence-electron chi connectivity index (χ2n) is 10.4. The van der Waals surface area contributed by atoms with Crippen molar-refractivity contribution in [1.82, 2.24) is 0 Å². The van der Waals surface area contributed by atoms with Crippen molar-refractivity contribution in [3.8, 4) is 11.1 Å². The fourth-order valence-corrected chi connectivity index (χ4v) is 5.60. The van der Waals surface area contributed by atoms with Crippen LogP contribution in [0, 0.1) is 17.8 Å². The van der Waals surface area contributed by atoms with Crippen LogP contribution in [0.3, 0.4) is 0 Å². The third-order valence-electron chi connectivity index (χ3n) is 7.48. The molecule has 0 spiro atoms. The lowest BCUT2D eigenvalue weighted by Crippen LogP contribution is -2.28. The highest BCUT2D eigenvalue weighted by Crippen LogP contribution is 2.42. The average Bonchev–Trinajstić information content (AvgIpc) is 3.08. The largest absolute Gasteiger partial charge is 0.463 e. The van der Waals surface area contributed by atoms with E-state index in [0.717, 1.165) is 36.8 Å². The summed E-state index contributed by atoms with van der Waals surface area (Å²) in [6.07, 6.45) is 4.22. The van der Waals surface area contributed by atoms with Gasteiger partial charge >= 0.3 is 11.9 Å². The van der Waals surface area contributed by atoms with E-state index in [-0.39, 0.29) is 48.7 Å². The number of rotatable bonds is 9. The van der Waals surface area contributed by atoms with Crippen molar-refractivity contribution in [3.05, 3.63) is 60.2 Å². The molecule has 5 atom stereocenters. The SMILES string of the molecule is CC(C)OC(=O)CCC[C@H]1CC[C@@H]2[C@@H](CO)[C@H](OC(=O)c3ccc(-c4ccccc4)cc3)C[C@@H]2OC1. The minimum Gasteiger partial charge on any atom is -0.463 e. The molecule has 0 unspecified atom stereocenters. The van der Waals surface area contributed by atoms with Crippen LogP contribution in [0.5, 0.6) is 0 Å². The van der Waals surface area contributed by atoms with E-state index in [1.807, 2.05) is 56.3 Å². The fourth-order valence-electron chi connectivity index (χ4n) is 5.60. The third-order valence-corrected chi connectivity index (χ3v) is 7.48. The highest BCUT2D eigenvalue weighted by molar-refractivity contribution is 5.90. The smallest absolute Gasteiger partial charge is 0.338 e. The number of carbonyl (C=O) groups is 2. The number of fused-ring (bicyclic) bond motifs is 1. The molecule has 1 heterocycles. The van der Waals surface area contributed by atoms with E-state index in [1.165, 1.54) is 0 Å². The molecular weight excluding hydrogens is 456 g/mol. The van der Waals surface area contributed by atoms with Crippen LogP contribution in [-0.4, -0.2) is 48.6 Å². The second-order valence-corrected chi connectivity index (χ2v) is 10.4. The summed E-state index contributed by atoms with van der Waals surface area (Å²) >= 11 is 0. The average molecular weight is 495 g/mol. The Labute approximate surface area is 214 Å². The van der Waals surface area contributed by atoms with Crippen molar-refractivity contribution < 1.29 is 28.9 Å². The fraction of sp³-hybridized carbons (Fsp3) is 0.533. The molecule has 1 aliphatic heterocycles. The van der Waals surface area contributed by atoms with Gasteiger partial charge in [-0.25, -0.2) is 4.79 Å². The van der Waals surface area contributed by atoms with E-state index in [0.29, 0.717) is 30.9 Å². The van der Waals surface area contributed by atoms with E-state index < -0.39 is 0 Å². The lowest BCUT2D eigenvalue weighted by molar-refractivity contribution is -0.147. The number of carbonyl (C=O) groups excluding carboxylic acids is 2. The number of aliphatic hydroxyl groups is 1. The van der Waals surface area contributed by atoms with Crippen molar-refractivity contribution in [2.45, 2.75) is 70.7 Å². The first-order valence-corrected chi connectivity index (χ1v) is 13.2. The van der Waals surface area contributed by atoms with Gasteiger partial charge in [0.25, 0.3) is 0 Å². The molecule has 0 radical (unpaired) electrons. The van der Waals surface area contributed by atoms with Crippen LogP contribution < -0.4 is 0 Å². The summed E-state index contributed by atoms with van der Waals surface area (Å²) in [6, 6.07) is 17.5. The first kappa shape index (κ1) is 26.4. The minimum atomic E-state index is -0.360. The Morgan fingerprint density at radius 1 is 1.03 bits per heavy atom.